The summed E-state index contributed by atoms with van der Waals surface area (Å²) in [4.78, 5) is 16.8. The number of carbonyl (C=O) groups is 1. The van der Waals surface area contributed by atoms with E-state index >= 15 is 0 Å². The fourth-order valence-corrected chi connectivity index (χ4v) is 2.97. The quantitative estimate of drug-likeness (QED) is 0.706. The van der Waals surface area contributed by atoms with Crippen LogP contribution in [0.25, 0.3) is 22.8 Å². The molecule has 5 heteroatoms. The molecule has 0 atom stereocenters. The predicted octanol–water partition coefficient (Wildman–Crippen LogP) is 3.96. The van der Waals surface area contributed by atoms with Crippen LogP contribution in [0.1, 0.15) is 11.1 Å². The number of phenolic OH excluding ortho intramolecular Hbond substituents is 1. The van der Waals surface area contributed by atoms with Crippen LogP contribution in [-0.4, -0.2) is 23.1 Å². The maximum absolute atomic E-state index is 12.4. The number of nitrogens with zero attached hydrogens (tertiary/aromatic N) is 1. The van der Waals surface area contributed by atoms with Crippen LogP contribution in [0.2, 0.25) is 0 Å². The highest BCUT2D eigenvalue weighted by atomic mass is 16.5. The van der Waals surface area contributed by atoms with Gasteiger partial charge in [0.1, 0.15) is 17.3 Å². The van der Waals surface area contributed by atoms with Crippen LogP contribution in [0.5, 0.6) is 11.5 Å². The third-order valence-electron chi connectivity index (χ3n) is 4.22. The summed E-state index contributed by atoms with van der Waals surface area (Å²) in [6, 6.07) is 16.7. The Morgan fingerprint density at radius 2 is 1.88 bits per heavy atom. The summed E-state index contributed by atoms with van der Waals surface area (Å²) in [5.74, 6) is 0.908. The molecular formula is C21H16N2O3. The number of rotatable bonds is 3. The number of pyridine rings is 1. The molecule has 1 aliphatic heterocycles. The minimum atomic E-state index is -0.222. The topological polar surface area (TPSA) is 71.5 Å². The molecule has 4 rings (SSSR count). The molecule has 2 N–H and O–H groups in total. The summed E-state index contributed by atoms with van der Waals surface area (Å²) in [6.07, 6.45) is 3.47. The van der Waals surface area contributed by atoms with E-state index in [4.69, 9.17) is 4.74 Å². The molecule has 3 aromatic rings. The van der Waals surface area contributed by atoms with Crippen LogP contribution in [0, 0.1) is 0 Å². The smallest absolute Gasteiger partial charge is 0.257 e. The van der Waals surface area contributed by atoms with E-state index in [2.05, 4.69) is 10.3 Å². The van der Waals surface area contributed by atoms with Gasteiger partial charge in [0.25, 0.3) is 5.91 Å². The summed E-state index contributed by atoms with van der Waals surface area (Å²) in [5, 5.41) is 12.6. The van der Waals surface area contributed by atoms with Crippen molar-refractivity contribution in [1.29, 1.82) is 0 Å². The van der Waals surface area contributed by atoms with Gasteiger partial charge in [-0.15, -0.1) is 0 Å². The highest BCUT2D eigenvalue weighted by Crippen LogP contribution is 2.35. The Balaban J connectivity index is 1.80. The molecule has 26 heavy (non-hydrogen) atoms. The highest BCUT2D eigenvalue weighted by molar-refractivity contribution is 6.34. The zero-order valence-corrected chi connectivity index (χ0v) is 14.1. The molecule has 1 aliphatic rings. The molecule has 0 saturated heterocycles. The van der Waals surface area contributed by atoms with Crippen molar-refractivity contribution in [3.05, 3.63) is 71.9 Å². The second-order valence-corrected chi connectivity index (χ2v) is 5.96. The molecular weight excluding hydrogens is 328 g/mol. The van der Waals surface area contributed by atoms with E-state index in [0.717, 1.165) is 16.7 Å². The molecule has 1 aromatic heterocycles. The van der Waals surface area contributed by atoms with Crippen molar-refractivity contribution in [3.8, 4) is 22.6 Å². The van der Waals surface area contributed by atoms with Crippen molar-refractivity contribution in [3.63, 3.8) is 0 Å². The first-order valence-corrected chi connectivity index (χ1v) is 8.11. The van der Waals surface area contributed by atoms with E-state index < -0.39 is 0 Å². The zero-order valence-electron chi connectivity index (χ0n) is 14.1. The second-order valence-electron chi connectivity index (χ2n) is 5.96. The van der Waals surface area contributed by atoms with Gasteiger partial charge in [0.05, 0.1) is 12.7 Å². The van der Waals surface area contributed by atoms with Crippen molar-refractivity contribution < 1.29 is 14.6 Å². The average molecular weight is 344 g/mol. The van der Waals surface area contributed by atoms with Crippen LogP contribution < -0.4 is 10.1 Å². The summed E-state index contributed by atoms with van der Waals surface area (Å²) >= 11 is 0. The van der Waals surface area contributed by atoms with Crippen LogP contribution >= 0.6 is 0 Å². The van der Waals surface area contributed by atoms with Crippen molar-refractivity contribution in [2.75, 3.05) is 12.4 Å². The largest absolute Gasteiger partial charge is 0.508 e. The normalized spacial score (nSPS) is 14.2. The Hall–Kier alpha value is -3.60. The van der Waals surface area contributed by atoms with E-state index in [0.29, 0.717) is 22.7 Å². The summed E-state index contributed by atoms with van der Waals surface area (Å²) in [6.45, 7) is 0. The first-order chi connectivity index (χ1) is 12.6. The fourth-order valence-electron chi connectivity index (χ4n) is 2.97. The molecule has 0 bridgehead atoms. The monoisotopic (exact) mass is 344 g/mol. The Bertz CT molecular complexity index is 1030. The number of hydrogen-bond acceptors (Lipinski definition) is 4. The molecule has 0 aliphatic carbocycles. The lowest BCUT2D eigenvalue weighted by atomic mass is 10.0. The van der Waals surface area contributed by atoms with Gasteiger partial charge in [-0.25, -0.2) is 4.98 Å². The van der Waals surface area contributed by atoms with Crippen molar-refractivity contribution in [2.24, 2.45) is 0 Å². The van der Waals surface area contributed by atoms with Gasteiger partial charge >= 0.3 is 0 Å². The average Bonchev–Trinajstić information content (AvgIpc) is 2.96. The van der Waals surface area contributed by atoms with Crippen LogP contribution in [0.3, 0.4) is 0 Å². The molecule has 2 aromatic carbocycles. The molecule has 1 amide bonds. The number of carbonyl (C=O) groups excluding carboxylic acids is 1. The lowest BCUT2D eigenvalue weighted by molar-refractivity contribution is -0.110. The minimum Gasteiger partial charge on any atom is -0.508 e. The number of methoxy groups -OCH3 is 1. The maximum Gasteiger partial charge on any atom is 0.257 e. The first-order valence-electron chi connectivity index (χ1n) is 8.11. The molecule has 0 radical (unpaired) electrons. The van der Waals surface area contributed by atoms with Gasteiger partial charge in [0, 0.05) is 23.4 Å². The number of ether oxygens (including phenoxy) is 1. The van der Waals surface area contributed by atoms with E-state index in [1.165, 1.54) is 13.2 Å². The second kappa shape index (κ2) is 6.37. The summed E-state index contributed by atoms with van der Waals surface area (Å²) in [7, 11) is 1.53. The standard InChI is InChI=1S/C21H16N2O3/c1-26-17-8-13(7-16(24)11-17)9-19-18-10-15(14-5-3-2-4-6-14)12-22-20(18)23-21(19)25/h2-12,24H,1H3,(H,22,23,25)/b19-9-. The minimum absolute atomic E-state index is 0.0750. The van der Waals surface area contributed by atoms with Gasteiger partial charge in [-0.2, -0.15) is 0 Å². The van der Waals surface area contributed by atoms with Gasteiger partial charge in [0.2, 0.25) is 0 Å². The van der Waals surface area contributed by atoms with E-state index in [1.807, 2.05) is 36.4 Å². The molecule has 0 fully saturated rings. The van der Waals surface area contributed by atoms with E-state index in [-0.39, 0.29) is 11.7 Å². The number of benzene rings is 2. The predicted molar refractivity (Wildman–Crippen MR) is 101 cm³/mol. The molecule has 2 heterocycles. The Labute approximate surface area is 150 Å². The van der Waals surface area contributed by atoms with Crippen LogP contribution in [-0.2, 0) is 4.79 Å². The number of amides is 1. The number of aromatic nitrogens is 1. The molecule has 0 saturated carbocycles. The molecule has 0 unspecified atom stereocenters. The van der Waals surface area contributed by atoms with E-state index in [9.17, 15) is 9.90 Å². The molecule has 128 valence electrons. The fraction of sp³-hybridized carbons (Fsp3) is 0.0476. The molecule has 0 spiro atoms. The number of hydrogen-bond donors (Lipinski definition) is 2. The van der Waals surface area contributed by atoms with Gasteiger partial charge < -0.3 is 15.2 Å². The van der Waals surface area contributed by atoms with Gasteiger partial charge in [-0.3, -0.25) is 4.79 Å². The van der Waals surface area contributed by atoms with Gasteiger partial charge in [-0.05, 0) is 35.4 Å². The highest BCUT2D eigenvalue weighted by Gasteiger charge is 2.26. The Morgan fingerprint density at radius 1 is 1.08 bits per heavy atom. The number of aromatic hydroxyl groups is 1. The molecule has 5 nitrogen and oxygen atoms in total. The number of fused-ring (bicyclic) bond motifs is 1. The van der Waals surface area contributed by atoms with Gasteiger partial charge in [-0.1, -0.05) is 30.3 Å². The van der Waals surface area contributed by atoms with Gasteiger partial charge in [0.15, 0.2) is 0 Å². The Morgan fingerprint density at radius 3 is 2.65 bits per heavy atom. The number of anilines is 1. The van der Waals surface area contributed by atoms with Crippen LogP contribution in [0.4, 0.5) is 5.82 Å². The first kappa shape index (κ1) is 15.9. The lowest BCUT2D eigenvalue weighted by Crippen LogP contribution is -2.04. The SMILES string of the molecule is COc1cc(O)cc(/C=C2\C(=O)Nc3ncc(-c4ccccc4)cc32)c1. The third kappa shape index (κ3) is 2.91. The summed E-state index contributed by atoms with van der Waals surface area (Å²) in [5.41, 5.74) is 3.86. The third-order valence-corrected chi connectivity index (χ3v) is 4.22. The number of nitrogens with one attached hydrogen (secondary N) is 1. The maximum atomic E-state index is 12.4. The van der Waals surface area contributed by atoms with Crippen molar-refractivity contribution in [2.45, 2.75) is 0 Å². The van der Waals surface area contributed by atoms with Crippen molar-refractivity contribution in [1.82, 2.24) is 4.98 Å². The number of phenols is 1. The van der Waals surface area contributed by atoms with Crippen molar-refractivity contribution >= 4 is 23.4 Å². The Kier molecular flexibility index (Phi) is 3.89. The summed E-state index contributed by atoms with van der Waals surface area (Å²) < 4.78 is 5.17. The van der Waals surface area contributed by atoms with Crippen LogP contribution in [0.15, 0.2) is 60.8 Å². The lowest BCUT2D eigenvalue weighted by Gasteiger charge is -2.05. The zero-order chi connectivity index (χ0) is 18.1. The van der Waals surface area contributed by atoms with E-state index in [1.54, 1.807) is 24.4 Å².